The average Bonchev–Trinajstić information content (AvgIpc) is 2.60. The lowest BCUT2D eigenvalue weighted by atomic mass is 10.1. The predicted molar refractivity (Wildman–Crippen MR) is 95.7 cm³/mol. The number of fused-ring (bicyclic) bond motifs is 1. The zero-order chi connectivity index (χ0) is 16.9. The van der Waals surface area contributed by atoms with E-state index in [0.29, 0.717) is 23.8 Å². The van der Waals surface area contributed by atoms with Crippen LogP contribution in [0.15, 0.2) is 66.7 Å². The van der Waals surface area contributed by atoms with Gasteiger partial charge in [-0.15, -0.1) is 0 Å². The third kappa shape index (κ3) is 3.93. The van der Waals surface area contributed by atoms with Crippen LogP contribution >= 0.6 is 0 Å². The van der Waals surface area contributed by atoms with Crippen molar-refractivity contribution in [1.29, 1.82) is 0 Å². The number of benzene rings is 3. The fraction of sp³-hybridized carbons (Fsp3) is 0.190. The summed E-state index contributed by atoms with van der Waals surface area (Å²) >= 11 is 0. The Bertz CT molecular complexity index is 835. The topological polar surface area (TPSA) is 35.5 Å². The summed E-state index contributed by atoms with van der Waals surface area (Å²) in [6.45, 7) is 4.84. The predicted octanol–water partition coefficient (Wildman–Crippen LogP) is 5.09. The molecule has 0 amide bonds. The second-order valence-electron chi connectivity index (χ2n) is 6.13. The molecular weight excluding hydrogens is 300 g/mol. The molecule has 0 spiro atoms. The van der Waals surface area contributed by atoms with Crippen LogP contribution in [0.4, 0.5) is 0 Å². The average molecular weight is 320 g/mol. The van der Waals surface area contributed by atoms with E-state index in [1.807, 2.05) is 36.4 Å². The van der Waals surface area contributed by atoms with E-state index >= 15 is 0 Å². The molecule has 3 nitrogen and oxygen atoms in total. The van der Waals surface area contributed by atoms with Crippen molar-refractivity contribution in [3.63, 3.8) is 0 Å². The second kappa shape index (κ2) is 7.18. The molecule has 3 aromatic rings. The van der Waals surface area contributed by atoms with E-state index in [9.17, 15) is 4.79 Å². The maximum atomic E-state index is 12.3. The van der Waals surface area contributed by atoms with Gasteiger partial charge in [0.25, 0.3) is 0 Å². The smallest absolute Gasteiger partial charge is 0.343 e. The molecule has 0 saturated carbocycles. The Labute approximate surface area is 141 Å². The van der Waals surface area contributed by atoms with Crippen molar-refractivity contribution in [2.24, 2.45) is 5.92 Å². The molecule has 3 rings (SSSR count). The van der Waals surface area contributed by atoms with E-state index in [0.717, 1.165) is 16.5 Å². The van der Waals surface area contributed by atoms with Crippen molar-refractivity contribution in [3.8, 4) is 11.5 Å². The first kappa shape index (κ1) is 16.1. The number of carbonyl (C=O) groups excluding carboxylic acids is 1. The Kier molecular flexibility index (Phi) is 4.80. The van der Waals surface area contributed by atoms with Gasteiger partial charge in [-0.3, -0.25) is 0 Å². The fourth-order valence-corrected chi connectivity index (χ4v) is 2.35. The standard InChI is InChI=1S/C21H20O3/c1-15(2)14-23-19-10-8-17(9-11-19)21(22)24-20-12-7-16-5-3-4-6-18(16)13-20/h3-13,15H,14H2,1-2H3. The van der Waals surface area contributed by atoms with Gasteiger partial charge in [-0.05, 0) is 53.1 Å². The largest absolute Gasteiger partial charge is 0.493 e. The lowest BCUT2D eigenvalue weighted by molar-refractivity contribution is 0.0735. The molecule has 0 heterocycles. The van der Waals surface area contributed by atoms with Crippen molar-refractivity contribution >= 4 is 16.7 Å². The molecule has 122 valence electrons. The molecule has 0 aliphatic carbocycles. The minimum atomic E-state index is -0.374. The Morgan fingerprint density at radius 2 is 1.54 bits per heavy atom. The quantitative estimate of drug-likeness (QED) is 0.485. The van der Waals surface area contributed by atoms with Crippen LogP contribution in [-0.4, -0.2) is 12.6 Å². The van der Waals surface area contributed by atoms with Gasteiger partial charge in [0.15, 0.2) is 0 Å². The van der Waals surface area contributed by atoms with Crippen molar-refractivity contribution in [2.45, 2.75) is 13.8 Å². The number of carbonyl (C=O) groups is 1. The van der Waals surface area contributed by atoms with Crippen LogP contribution < -0.4 is 9.47 Å². The van der Waals surface area contributed by atoms with Crippen molar-refractivity contribution in [2.75, 3.05) is 6.61 Å². The molecule has 3 heteroatoms. The van der Waals surface area contributed by atoms with Gasteiger partial charge in [0.2, 0.25) is 0 Å². The number of hydrogen-bond donors (Lipinski definition) is 0. The van der Waals surface area contributed by atoms with E-state index in [1.165, 1.54) is 0 Å². The lowest BCUT2D eigenvalue weighted by Crippen LogP contribution is -2.09. The first-order valence-corrected chi connectivity index (χ1v) is 8.05. The Hall–Kier alpha value is -2.81. The zero-order valence-corrected chi connectivity index (χ0v) is 13.9. The molecule has 0 bridgehead atoms. The molecule has 0 fully saturated rings. The van der Waals surface area contributed by atoms with Crippen LogP contribution in [0.2, 0.25) is 0 Å². The summed E-state index contributed by atoms with van der Waals surface area (Å²) in [5.74, 6) is 1.38. The summed E-state index contributed by atoms with van der Waals surface area (Å²) in [5, 5.41) is 2.16. The summed E-state index contributed by atoms with van der Waals surface area (Å²) in [6.07, 6.45) is 0. The van der Waals surface area contributed by atoms with Gasteiger partial charge in [0.05, 0.1) is 12.2 Å². The van der Waals surface area contributed by atoms with Gasteiger partial charge in [0.1, 0.15) is 11.5 Å². The Morgan fingerprint density at radius 1 is 0.875 bits per heavy atom. The van der Waals surface area contributed by atoms with Crippen LogP contribution in [0, 0.1) is 5.92 Å². The van der Waals surface area contributed by atoms with Gasteiger partial charge in [0, 0.05) is 0 Å². The first-order valence-electron chi connectivity index (χ1n) is 8.05. The summed E-state index contributed by atoms with van der Waals surface area (Å²) in [5.41, 5.74) is 0.500. The van der Waals surface area contributed by atoms with Crippen molar-refractivity contribution < 1.29 is 14.3 Å². The maximum Gasteiger partial charge on any atom is 0.343 e. The van der Waals surface area contributed by atoms with Gasteiger partial charge >= 0.3 is 5.97 Å². The SMILES string of the molecule is CC(C)COc1ccc(C(=O)Oc2ccc3ccccc3c2)cc1. The van der Waals surface area contributed by atoms with Crippen LogP contribution in [0.25, 0.3) is 10.8 Å². The number of esters is 1. The summed E-state index contributed by atoms with van der Waals surface area (Å²) in [6, 6.07) is 20.6. The van der Waals surface area contributed by atoms with Gasteiger partial charge in [-0.1, -0.05) is 44.2 Å². The molecule has 24 heavy (non-hydrogen) atoms. The first-order chi connectivity index (χ1) is 11.6. The highest BCUT2D eigenvalue weighted by atomic mass is 16.5. The molecule has 0 atom stereocenters. The number of hydrogen-bond acceptors (Lipinski definition) is 3. The molecule has 0 saturated heterocycles. The van der Waals surface area contributed by atoms with E-state index < -0.39 is 0 Å². The highest BCUT2D eigenvalue weighted by molar-refractivity contribution is 5.92. The van der Waals surface area contributed by atoms with E-state index in [1.54, 1.807) is 30.3 Å². The minimum absolute atomic E-state index is 0.374. The molecule has 0 N–H and O–H groups in total. The maximum absolute atomic E-state index is 12.3. The Morgan fingerprint density at radius 3 is 2.25 bits per heavy atom. The van der Waals surface area contributed by atoms with Gasteiger partial charge < -0.3 is 9.47 Å². The summed E-state index contributed by atoms with van der Waals surface area (Å²) in [4.78, 5) is 12.3. The van der Waals surface area contributed by atoms with Gasteiger partial charge in [-0.2, -0.15) is 0 Å². The minimum Gasteiger partial charge on any atom is -0.493 e. The highest BCUT2D eigenvalue weighted by Crippen LogP contribution is 2.22. The lowest BCUT2D eigenvalue weighted by Gasteiger charge is -2.09. The summed E-state index contributed by atoms with van der Waals surface area (Å²) < 4.78 is 11.1. The van der Waals surface area contributed by atoms with E-state index in [4.69, 9.17) is 9.47 Å². The number of ether oxygens (including phenoxy) is 2. The molecule has 0 aromatic heterocycles. The van der Waals surface area contributed by atoms with Crippen molar-refractivity contribution in [3.05, 3.63) is 72.3 Å². The monoisotopic (exact) mass is 320 g/mol. The molecular formula is C21H20O3. The molecule has 0 aliphatic heterocycles. The number of rotatable bonds is 5. The van der Waals surface area contributed by atoms with E-state index in [2.05, 4.69) is 13.8 Å². The van der Waals surface area contributed by atoms with Crippen LogP contribution in [0.1, 0.15) is 24.2 Å². The third-order valence-corrected chi connectivity index (χ3v) is 3.60. The summed E-state index contributed by atoms with van der Waals surface area (Å²) in [7, 11) is 0. The molecule has 3 aromatic carbocycles. The van der Waals surface area contributed by atoms with Crippen LogP contribution in [-0.2, 0) is 0 Å². The Balaban J connectivity index is 1.69. The van der Waals surface area contributed by atoms with Crippen LogP contribution in [0.3, 0.4) is 0 Å². The normalized spacial score (nSPS) is 10.8. The van der Waals surface area contributed by atoms with Crippen molar-refractivity contribution in [1.82, 2.24) is 0 Å². The zero-order valence-electron chi connectivity index (χ0n) is 13.9. The molecule has 0 radical (unpaired) electrons. The second-order valence-corrected chi connectivity index (χ2v) is 6.13. The third-order valence-electron chi connectivity index (χ3n) is 3.60. The molecule has 0 unspecified atom stereocenters. The molecule has 0 aliphatic rings. The van der Waals surface area contributed by atoms with Crippen LogP contribution in [0.5, 0.6) is 11.5 Å². The van der Waals surface area contributed by atoms with E-state index in [-0.39, 0.29) is 5.97 Å². The highest BCUT2D eigenvalue weighted by Gasteiger charge is 2.09. The fourth-order valence-electron chi connectivity index (χ4n) is 2.35. The van der Waals surface area contributed by atoms with Gasteiger partial charge in [-0.25, -0.2) is 4.79 Å².